The maximum atomic E-state index is 12.9. The van der Waals surface area contributed by atoms with Crippen LogP contribution in [0.15, 0.2) is 78.4 Å². The van der Waals surface area contributed by atoms with Crippen LogP contribution in [0.4, 0.5) is 10.1 Å². The first kappa shape index (κ1) is 19.8. The van der Waals surface area contributed by atoms with Gasteiger partial charge in [-0.3, -0.25) is 4.79 Å². The number of hydrogen-bond acceptors (Lipinski definition) is 3. The minimum atomic E-state index is -0.460. The monoisotopic (exact) mass is 386 g/mol. The molecule has 0 aliphatic heterocycles. The number of nitrogens with one attached hydrogen (secondary N) is 1. The van der Waals surface area contributed by atoms with E-state index in [1.54, 1.807) is 42.5 Å². The average molecular weight is 386 g/mol. The third-order valence-electron chi connectivity index (χ3n) is 4.27. The molecule has 0 atom stereocenters. The zero-order valence-corrected chi connectivity index (χ0v) is 15.9. The van der Waals surface area contributed by atoms with Crippen molar-refractivity contribution in [1.82, 2.24) is 0 Å². The van der Waals surface area contributed by atoms with Gasteiger partial charge in [-0.25, -0.2) is 4.39 Å². The van der Waals surface area contributed by atoms with Gasteiger partial charge in [0, 0.05) is 5.69 Å². The highest BCUT2D eigenvalue weighted by Gasteiger charge is 2.10. The van der Waals surface area contributed by atoms with Crippen molar-refractivity contribution in [3.05, 3.63) is 101 Å². The lowest BCUT2D eigenvalue weighted by Crippen LogP contribution is -2.14. The van der Waals surface area contributed by atoms with Crippen molar-refractivity contribution >= 4 is 17.7 Å². The molecule has 3 aromatic carbocycles. The van der Waals surface area contributed by atoms with Crippen LogP contribution in [0.3, 0.4) is 0 Å². The van der Waals surface area contributed by atoms with Gasteiger partial charge < -0.3 is 10.1 Å². The highest BCUT2D eigenvalue weighted by molar-refractivity contribution is 6.09. The van der Waals surface area contributed by atoms with Crippen LogP contribution in [-0.2, 0) is 11.4 Å². The Morgan fingerprint density at radius 1 is 1.07 bits per heavy atom. The van der Waals surface area contributed by atoms with E-state index in [0.29, 0.717) is 23.6 Å². The van der Waals surface area contributed by atoms with Gasteiger partial charge in [0.2, 0.25) is 0 Å². The number of halogens is 1. The summed E-state index contributed by atoms with van der Waals surface area (Å²) in [6.45, 7) is 2.20. The molecule has 0 radical (unpaired) electrons. The van der Waals surface area contributed by atoms with E-state index < -0.39 is 5.91 Å². The molecule has 0 fully saturated rings. The van der Waals surface area contributed by atoms with Crippen molar-refractivity contribution in [3.63, 3.8) is 0 Å². The summed E-state index contributed by atoms with van der Waals surface area (Å²) < 4.78 is 18.6. The van der Waals surface area contributed by atoms with E-state index in [2.05, 4.69) is 5.32 Å². The summed E-state index contributed by atoms with van der Waals surface area (Å²) in [7, 11) is 0. The molecule has 29 heavy (non-hydrogen) atoms. The topological polar surface area (TPSA) is 62.1 Å². The van der Waals surface area contributed by atoms with Crippen molar-refractivity contribution in [1.29, 1.82) is 5.26 Å². The van der Waals surface area contributed by atoms with Crippen molar-refractivity contribution in [2.45, 2.75) is 13.5 Å². The van der Waals surface area contributed by atoms with Gasteiger partial charge in [-0.15, -0.1) is 0 Å². The number of aryl methyl sites for hydroxylation is 1. The summed E-state index contributed by atoms with van der Waals surface area (Å²) in [6, 6.07) is 22.5. The number of amides is 1. The minimum absolute atomic E-state index is 0.00762. The predicted molar refractivity (Wildman–Crippen MR) is 111 cm³/mol. The SMILES string of the molecule is Cc1ccccc1NC(=O)/C(C#N)=C/c1ccc(OCc2ccc(F)cc2)cc1. The van der Waals surface area contributed by atoms with Crippen molar-refractivity contribution < 1.29 is 13.9 Å². The zero-order chi connectivity index (χ0) is 20.6. The lowest BCUT2D eigenvalue weighted by atomic mass is 10.1. The Hall–Kier alpha value is -3.91. The molecule has 3 aromatic rings. The average Bonchev–Trinajstić information content (AvgIpc) is 2.74. The molecule has 0 heterocycles. The highest BCUT2D eigenvalue weighted by Crippen LogP contribution is 2.18. The fourth-order valence-electron chi connectivity index (χ4n) is 2.63. The normalized spacial score (nSPS) is 10.9. The molecule has 0 aromatic heterocycles. The van der Waals surface area contributed by atoms with E-state index in [-0.39, 0.29) is 11.4 Å². The van der Waals surface area contributed by atoms with Gasteiger partial charge in [0.1, 0.15) is 29.8 Å². The number of para-hydroxylation sites is 1. The quantitative estimate of drug-likeness (QED) is 0.464. The molecule has 1 amide bonds. The van der Waals surface area contributed by atoms with Crippen LogP contribution in [0.2, 0.25) is 0 Å². The predicted octanol–water partition coefficient (Wildman–Crippen LogP) is 5.26. The highest BCUT2D eigenvalue weighted by atomic mass is 19.1. The largest absolute Gasteiger partial charge is 0.489 e. The summed E-state index contributed by atoms with van der Waals surface area (Å²) in [5, 5.41) is 12.1. The summed E-state index contributed by atoms with van der Waals surface area (Å²) in [5.74, 6) is -0.113. The van der Waals surface area contributed by atoms with Crippen LogP contribution in [0.25, 0.3) is 6.08 Å². The van der Waals surface area contributed by atoms with Gasteiger partial charge in [0.05, 0.1) is 0 Å². The number of carbonyl (C=O) groups excluding carboxylic acids is 1. The van der Waals surface area contributed by atoms with Crippen molar-refractivity contribution in [3.8, 4) is 11.8 Å². The Labute approximate surface area is 168 Å². The number of rotatable bonds is 6. The first-order chi connectivity index (χ1) is 14.0. The Balaban J connectivity index is 1.65. The Bertz CT molecular complexity index is 1070. The minimum Gasteiger partial charge on any atom is -0.489 e. The van der Waals surface area contributed by atoms with E-state index in [0.717, 1.165) is 11.1 Å². The molecule has 4 nitrogen and oxygen atoms in total. The van der Waals surface area contributed by atoms with Crippen molar-refractivity contribution in [2.24, 2.45) is 0 Å². The van der Waals surface area contributed by atoms with E-state index >= 15 is 0 Å². The molecular weight excluding hydrogens is 367 g/mol. The van der Waals surface area contributed by atoms with Gasteiger partial charge >= 0.3 is 0 Å². The van der Waals surface area contributed by atoms with Gasteiger partial charge in [0.15, 0.2) is 0 Å². The molecular formula is C24H19FN2O2. The van der Waals surface area contributed by atoms with E-state index in [4.69, 9.17) is 4.74 Å². The second-order valence-corrected chi connectivity index (χ2v) is 6.42. The van der Waals surface area contributed by atoms with Crippen molar-refractivity contribution in [2.75, 3.05) is 5.32 Å². The molecule has 0 saturated carbocycles. The third-order valence-corrected chi connectivity index (χ3v) is 4.27. The summed E-state index contributed by atoms with van der Waals surface area (Å²) in [5.41, 5.74) is 3.16. The first-order valence-corrected chi connectivity index (χ1v) is 9.01. The zero-order valence-electron chi connectivity index (χ0n) is 15.9. The van der Waals surface area contributed by atoms with Gasteiger partial charge in [-0.05, 0) is 60.0 Å². The maximum Gasteiger partial charge on any atom is 0.266 e. The molecule has 144 valence electrons. The van der Waals surface area contributed by atoms with Crippen LogP contribution in [0.1, 0.15) is 16.7 Å². The van der Waals surface area contributed by atoms with Crippen LogP contribution in [-0.4, -0.2) is 5.91 Å². The fourth-order valence-corrected chi connectivity index (χ4v) is 2.63. The molecule has 0 aliphatic carbocycles. The standard InChI is InChI=1S/C24H19FN2O2/c1-17-4-2-3-5-23(17)27-24(28)20(15-26)14-18-8-12-22(13-9-18)29-16-19-6-10-21(25)11-7-19/h2-14H,16H2,1H3,(H,27,28)/b20-14+. The number of hydrogen-bond donors (Lipinski definition) is 1. The molecule has 0 aliphatic rings. The Morgan fingerprint density at radius 2 is 1.76 bits per heavy atom. The molecule has 0 spiro atoms. The van der Waals surface area contributed by atoms with E-state index in [1.165, 1.54) is 18.2 Å². The molecule has 3 rings (SSSR count). The van der Waals surface area contributed by atoms with Crippen LogP contribution >= 0.6 is 0 Å². The number of carbonyl (C=O) groups is 1. The smallest absolute Gasteiger partial charge is 0.266 e. The van der Waals surface area contributed by atoms with Gasteiger partial charge in [0.25, 0.3) is 5.91 Å². The summed E-state index contributed by atoms with van der Waals surface area (Å²) in [4.78, 5) is 12.4. The number of nitriles is 1. The van der Waals surface area contributed by atoms with Crippen LogP contribution in [0.5, 0.6) is 5.75 Å². The molecule has 0 bridgehead atoms. The molecule has 5 heteroatoms. The maximum absolute atomic E-state index is 12.9. The summed E-state index contributed by atoms with van der Waals surface area (Å²) >= 11 is 0. The number of ether oxygens (including phenoxy) is 1. The lowest BCUT2D eigenvalue weighted by Gasteiger charge is -2.08. The Kier molecular flexibility index (Phi) is 6.39. The second kappa shape index (κ2) is 9.34. The molecule has 0 saturated heterocycles. The van der Waals surface area contributed by atoms with Crippen LogP contribution in [0, 0.1) is 24.1 Å². The lowest BCUT2D eigenvalue weighted by molar-refractivity contribution is -0.112. The van der Waals surface area contributed by atoms with E-state index in [9.17, 15) is 14.4 Å². The third kappa shape index (κ3) is 5.53. The van der Waals surface area contributed by atoms with Crippen LogP contribution < -0.4 is 10.1 Å². The van der Waals surface area contributed by atoms with E-state index in [1.807, 2.05) is 31.2 Å². The summed E-state index contributed by atoms with van der Waals surface area (Å²) in [6.07, 6.45) is 1.53. The second-order valence-electron chi connectivity index (χ2n) is 6.42. The van der Waals surface area contributed by atoms with Gasteiger partial charge in [-0.2, -0.15) is 5.26 Å². The van der Waals surface area contributed by atoms with Gasteiger partial charge in [-0.1, -0.05) is 42.5 Å². The number of benzene rings is 3. The molecule has 1 N–H and O–H groups in total. The number of nitrogens with zero attached hydrogens (tertiary/aromatic N) is 1. The fraction of sp³-hybridized carbons (Fsp3) is 0.0833. The Morgan fingerprint density at radius 3 is 2.41 bits per heavy atom. The molecule has 0 unspecified atom stereocenters. The number of anilines is 1. The first-order valence-electron chi connectivity index (χ1n) is 9.01.